The van der Waals surface area contributed by atoms with Crippen LogP contribution in [0.3, 0.4) is 0 Å². The first kappa shape index (κ1) is 15.0. The van der Waals surface area contributed by atoms with Crippen LogP contribution in [0.4, 0.5) is 0 Å². The average Bonchev–Trinajstić information content (AvgIpc) is 2.82. The molecule has 2 nitrogen and oxygen atoms in total. The maximum Gasteiger partial charge on any atom is 0.123 e. The van der Waals surface area contributed by atoms with E-state index in [0.29, 0.717) is 5.92 Å². The predicted molar refractivity (Wildman–Crippen MR) is 78.3 cm³/mol. The van der Waals surface area contributed by atoms with Gasteiger partial charge in [0, 0.05) is 12.1 Å². The Morgan fingerprint density at radius 1 is 1.22 bits per heavy atom. The fourth-order valence-corrected chi connectivity index (χ4v) is 2.43. The van der Waals surface area contributed by atoms with Crippen molar-refractivity contribution in [3.05, 3.63) is 29.3 Å². The highest BCUT2D eigenvalue weighted by molar-refractivity contribution is 5.38. The van der Waals surface area contributed by atoms with Crippen molar-refractivity contribution in [1.29, 1.82) is 0 Å². The molecule has 102 valence electrons. The molecule has 0 atom stereocenters. The molecule has 0 aromatic heterocycles. The Hall–Kier alpha value is -1.02. The molecule has 1 aliphatic heterocycles. The largest absolute Gasteiger partial charge is 0.496 e. The first-order chi connectivity index (χ1) is 8.20. The quantitative estimate of drug-likeness (QED) is 0.798. The van der Waals surface area contributed by atoms with Crippen molar-refractivity contribution in [3.63, 3.8) is 0 Å². The SMILES string of the molecule is C.COc1cc(C(C)C)ccc1CN1CCCC1. The van der Waals surface area contributed by atoms with Gasteiger partial charge < -0.3 is 4.74 Å². The van der Waals surface area contributed by atoms with Crippen LogP contribution in [0.25, 0.3) is 0 Å². The molecular formula is C16H27NO. The van der Waals surface area contributed by atoms with E-state index in [9.17, 15) is 0 Å². The van der Waals surface area contributed by atoms with Crippen LogP contribution in [0.1, 0.15) is 51.2 Å². The van der Waals surface area contributed by atoms with E-state index in [1.165, 1.54) is 37.1 Å². The van der Waals surface area contributed by atoms with Gasteiger partial charge >= 0.3 is 0 Å². The van der Waals surface area contributed by atoms with Gasteiger partial charge in [0.1, 0.15) is 5.75 Å². The number of rotatable bonds is 4. The highest BCUT2D eigenvalue weighted by Gasteiger charge is 2.14. The normalized spacial score (nSPS) is 15.8. The molecule has 2 rings (SSSR count). The van der Waals surface area contributed by atoms with Gasteiger partial charge in [-0.3, -0.25) is 4.90 Å². The Balaban J connectivity index is 0.00000162. The molecule has 0 spiro atoms. The summed E-state index contributed by atoms with van der Waals surface area (Å²) < 4.78 is 5.52. The van der Waals surface area contributed by atoms with E-state index >= 15 is 0 Å². The van der Waals surface area contributed by atoms with Crippen LogP contribution in [0, 0.1) is 0 Å². The van der Waals surface area contributed by atoms with Gasteiger partial charge in [-0.1, -0.05) is 33.4 Å². The monoisotopic (exact) mass is 249 g/mol. The topological polar surface area (TPSA) is 12.5 Å². The Morgan fingerprint density at radius 3 is 2.44 bits per heavy atom. The molecule has 0 N–H and O–H groups in total. The zero-order chi connectivity index (χ0) is 12.3. The molecule has 1 aliphatic rings. The van der Waals surface area contributed by atoms with Crippen molar-refractivity contribution in [3.8, 4) is 5.75 Å². The summed E-state index contributed by atoms with van der Waals surface area (Å²) in [6, 6.07) is 6.65. The van der Waals surface area contributed by atoms with Gasteiger partial charge in [-0.15, -0.1) is 0 Å². The second-order valence-electron chi connectivity index (χ2n) is 5.21. The Kier molecular flexibility index (Phi) is 5.67. The number of ether oxygens (including phenoxy) is 1. The number of benzene rings is 1. The average molecular weight is 249 g/mol. The molecule has 0 radical (unpaired) electrons. The van der Waals surface area contributed by atoms with Crippen molar-refractivity contribution in [1.82, 2.24) is 4.90 Å². The lowest BCUT2D eigenvalue weighted by molar-refractivity contribution is 0.320. The lowest BCUT2D eigenvalue weighted by atomic mass is 10.0. The molecule has 0 aliphatic carbocycles. The minimum atomic E-state index is 0. The first-order valence-electron chi connectivity index (χ1n) is 6.60. The van der Waals surface area contributed by atoms with Crippen LogP contribution in [-0.4, -0.2) is 25.1 Å². The number of hydrogen-bond donors (Lipinski definition) is 0. The molecule has 1 saturated heterocycles. The lowest BCUT2D eigenvalue weighted by Gasteiger charge is -2.18. The van der Waals surface area contributed by atoms with E-state index in [-0.39, 0.29) is 7.43 Å². The van der Waals surface area contributed by atoms with Gasteiger partial charge in [-0.05, 0) is 43.5 Å². The van der Waals surface area contributed by atoms with Gasteiger partial charge in [-0.2, -0.15) is 0 Å². The number of hydrogen-bond acceptors (Lipinski definition) is 2. The fourth-order valence-electron chi connectivity index (χ4n) is 2.43. The molecule has 0 amide bonds. The molecule has 0 bridgehead atoms. The van der Waals surface area contributed by atoms with Gasteiger partial charge in [0.2, 0.25) is 0 Å². The molecule has 1 heterocycles. The molecule has 18 heavy (non-hydrogen) atoms. The van der Waals surface area contributed by atoms with Crippen molar-refractivity contribution >= 4 is 0 Å². The Morgan fingerprint density at radius 2 is 1.89 bits per heavy atom. The van der Waals surface area contributed by atoms with Gasteiger partial charge in [-0.25, -0.2) is 0 Å². The molecule has 1 fully saturated rings. The van der Waals surface area contributed by atoms with Crippen LogP contribution in [0.15, 0.2) is 18.2 Å². The minimum Gasteiger partial charge on any atom is -0.496 e. The summed E-state index contributed by atoms with van der Waals surface area (Å²) in [7, 11) is 1.77. The van der Waals surface area contributed by atoms with Crippen LogP contribution in [0.5, 0.6) is 5.75 Å². The summed E-state index contributed by atoms with van der Waals surface area (Å²) in [6.45, 7) is 7.93. The number of nitrogens with zero attached hydrogens (tertiary/aromatic N) is 1. The van der Waals surface area contributed by atoms with E-state index in [1.807, 2.05) is 0 Å². The Bertz CT molecular complexity index is 367. The van der Waals surface area contributed by atoms with Crippen LogP contribution < -0.4 is 4.74 Å². The third-order valence-corrected chi connectivity index (χ3v) is 3.57. The zero-order valence-corrected chi connectivity index (χ0v) is 11.2. The highest BCUT2D eigenvalue weighted by Crippen LogP contribution is 2.26. The summed E-state index contributed by atoms with van der Waals surface area (Å²) in [5.41, 5.74) is 2.67. The minimum absolute atomic E-state index is 0. The molecular weight excluding hydrogens is 222 g/mol. The summed E-state index contributed by atoms with van der Waals surface area (Å²) in [6.07, 6.45) is 2.68. The predicted octanol–water partition coefficient (Wildman–Crippen LogP) is 4.05. The van der Waals surface area contributed by atoms with Crippen molar-refractivity contribution < 1.29 is 4.74 Å². The van der Waals surface area contributed by atoms with E-state index < -0.39 is 0 Å². The van der Waals surface area contributed by atoms with Gasteiger partial charge in [0.15, 0.2) is 0 Å². The fraction of sp³-hybridized carbons (Fsp3) is 0.625. The molecule has 0 saturated carbocycles. The lowest BCUT2D eigenvalue weighted by Crippen LogP contribution is -2.18. The van der Waals surface area contributed by atoms with Crippen LogP contribution >= 0.6 is 0 Å². The van der Waals surface area contributed by atoms with Gasteiger partial charge in [0.05, 0.1) is 7.11 Å². The molecule has 0 unspecified atom stereocenters. The van der Waals surface area contributed by atoms with E-state index in [1.54, 1.807) is 7.11 Å². The maximum atomic E-state index is 5.52. The summed E-state index contributed by atoms with van der Waals surface area (Å²) in [4.78, 5) is 2.51. The summed E-state index contributed by atoms with van der Waals surface area (Å²) in [5, 5.41) is 0. The summed E-state index contributed by atoms with van der Waals surface area (Å²) in [5.74, 6) is 1.60. The molecule has 1 aromatic rings. The molecule has 1 aromatic carbocycles. The third kappa shape index (κ3) is 3.49. The Labute approximate surface area is 112 Å². The first-order valence-corrected chi connectivity index (χ1v) is 6.60. The van der Waals surface area contributed by atoms with Crippen LogP contribution in [-0.2, 0) is 6.54 Å². The summed E-state index contributed by atoms with van der Waals surface area (Å²) >= 11 is 0. The number of methoxy groups -OCH3 is 1. The molecule has 2 heteroatoms. The van der Waals surface area contributed by atoms with Crippen LogP contribution in [0.2, 0.25) is 0 Å². The smallest absolute Gasteiger partial charge is 0.123 e. The second kappa shape index (κ2) is 6.79. The van der Waals surface area contributed by atoms with Crippen molar-refractivity contribution in [2.24, 2.45) is 0 Å². The number of likely N-dealkylation sites (tertiary alicyclic amines) is 1. The van der Waals surface area contributed by atoms with E-state index in [0.717, 1.165) is 12.3 Å². The zero-order valence-electron chi connectivity index (χ0n) is 11.2. The van der Waals surface area contributed by atoms with E-state index in [4.69, 9.17) is 4.74 Å². The highest BCUT2D eigenvalue weighted by atomic mass is 16.5. The second-order valence-corrected chi connectivity index (χ2v) is 5.21. The van der Waals surface area contributed by atoms with E-state index in [2.05, 4.69) is 36.9 Å². The maximum absolute atomic E-state index is 5.52. The van der Waals surface area contributed by atoms with Crippen molar-refractivity contribution in [2.75, 3.05) is 20.2 Å². The third-order valence-electron chi connectivity index (χ3n) is 3.57. The standard InChI is InChI=1S/C15H23NO.CH4/c1-12(2)13-6-7-14(15(10-13)17-3)11-16-8-4-5-9-16;/h6-7,10,12H,4-5,8-9,11H2,1-3H3;1H4. The van der Waals surface area contributed by atoms with Crippen molar-refractivity contribution in [2.45, 2.75) is 46.6 Å². The van der Waals surface area contributed by atoms with Gasteiger partial charge in [0.25, 0.3) is 0 Å².